The van der Waals surface area contributed by atoms with E-state index in [2.05, 4.69) is 0 Å². The Hall–Kier alpha value is -0.780. The first-order valence-corrected chi connectivity index (χ1v) is 7.57. The molecule has 0 N–H and O–H groups in total. The van der Waals surface area contributed by atoms with Gasteiger partial charge in [-0.3, -0.25) is 9.69 Å². The van der Waals surface area contributed by atoms with Gasteiger partial charge in [-0.1, -0.05) is 41.7 Å². The third-order valence-electron chi connectivity index (χ3n) is 2.93. The monoisotopic (exact) mass is 355 g/mol. The van der Waals surface area contributed by atoms with Crippen LogP contribution in [0.2, 0.25) is 0 Å². The van der Waals surface area contributed by atoms with Gasteiger partial charge in [0.25, 0.3) is 0 Å². The number of unbranched alkanes of at least 4 members (excludes halogenated alkanes) is 1. The molecule has 1 atom stereocenters. The number of amides is 1. The van der Waals surface area contributed by atoms with E-state index in [1.54, 1.807) is 6.92 Å². The van der Waals surface area contributed by atoms with E-state index in [1.165, 1.54) is 11.0 Å². The van der Waals surface area contributed by atoms with Crippen LogP contribution in [0.1, 0.15) is 26.2 Å². The largest absolute Gasteiger partial charge is 0.445 e. The zero-order chi connectivity index (χ0) is 16.0. The lowest BCUT2D eigenvalue weighted by atomic mass is 9.98. The average molecular weight is 357 g/mol. The molecule has 0 spiro atoms. The summed E-state index contributed by atoms with van der Waals surface area (Å²) in [5, 5.41) is 0. The van der Waals surface area contributed by atoms with Crippen molar-refractivity contribution < 1.29 is 19.1 Å². The summed E-state index contributed by atoms with van der Waals surface area (Å²) in [5.41, 5.74) is 0.522. The van der Waals surface area contributed by atoms with E-state index in [0.717, 1.165) is 6.29 Å². The lowest BCUT2D eigenvalue weighted by Crippen LogP contribution is -2.41. The SMILES string of the molecule is CC1CN(C(=O)OCC(Cl)(Cl)Cl)C(CCCC=O)=CC1=O. The Morgan fingerprint density at radius 2 is 2.19 bits per heavy atom. The first kappa shape index (κ1) is 18.3. The first-order chi connectivity index (χ1) is 9.74. The number of carbonyl (C=O) groups excluding carboxylic acids is 3. The molecular formula is C13H16Cl3NO4. The van der Waals surface area contributed by atoms with Crippen LogP contribution in [-0.4, -0.2) is 40.0 Å². The Morgan fingerprint density at radius 3 is 2.76 bits per heavy atom. The molecule has 0 aromatic heterocycles. The van der Waals surface area contributed by atoms with Gasteiger partial charge in [0.05, 0.1) is 0 Å². The predicted molar refractivity (Wildman–Crippen MR) is 80.5 cm³/mol. The molecule has 0 bridgehead atoms. The van der Waals surface area contributed by atoms with E-state index in [1.807, 2.05) is 0 Å². The van der Waals surface area contributed by atoms with E-state index in [9.17, 15) is 14.4 Å². The van der Waals surface area contributed by atoms with Crippen molar-refractivity contribution in [3.05, 3.63) is 11.8 Å². The summed E-state index contributed by atoms with van der Waals surface area (Å²) in [4.78, 5) is 35.5. The highest BCUT2D eigenvalue weighted by molar-refractivity contribution is 6.67. The van der Waals surface area contributed by atoms with Crippen LogP contribution in [0.25, 0.3) is 0 Å². The molecule has 0 aromatic rings. The predicted octanol–water partition coefficient (Wildman–Crippen LogP) is 3.27. The van der Waals surface area contributed by atoms with Crippen LogP contribution in [0.4, 0.5) is 4.79 Å². The second-order valence-electron chi connectivity index (χ2n) is 4.78. The summed E-state index contributed by atoms with van der Waals surface area (Å²) in [6, 6.07) is 0. The van der Waals surface area contributed by atoms with Gasteiger partial charge in [-0.25, -0.2) is 4.79 Å². The molecule has 118 valence electrons. The lowest BCUT2D eigenvalue weighted by Gasteiger charge is -2.31. The number of carbonyl (C=O) groups is 3. The standard InChI is InChI=1S/C13H16Cl3NO4/c1-9-7-17(12(20)21-8-13(14,15)16)10(6-11(9)19)4-2-3-5-18/h5-6,9H,2-4,7-8H2,1H3. The summed E-state index contributed by atoms with van der Waals surface area (Å²) in [5.74, 6) is -0.373. The van der Waals surface area contributed by atoms with Gasteiger partial charge in [-0.2, -0.15) is 0 Å². The summed E-state index contributed by atoms with van der Waals surface area (Å²) in [6.07, 6.45) is 2.87. The number of halogens is 3. The lowest BCUT2D eigenvalue weighted by molar-refractivity contribution is -0.118. The highest BCUT2D eigenvalue weighted by Crippen LogP contribution is 2.27. The smallest absolute Gasteiger partial charge is 0.414 e. The van der Waals surface area contributed by atoms with E-state index in [0.29, 0.717) is 25.0 Å². The average Bonchev–Trinajstić information content (AvgIpc) is 2.39. The number of rotatable bonds is 5. The highest BCUT2D eigenvalue weighted by atomic mass is 35.6. The number of ether oxygens (including phenoxy) is 1. The molecule has 21 heavy (non-hydrogen) atoms. The van der Waals surface area contributed by atoms with Crippen molar-refractivity contribution in [3.8, 4) is 0 Å². The van der Waals surface area contributed by atoms with Gasteiger partial charge in [0.2, 0.25) is 3.79 Å². The minimum atomic E-state index is -1.69. The highest BCUT2D eigenvalue weighted by Gasteiger charge is 2.31. The fourth-order valence-electron chi connectivity index (χ4n) is 1.85. The van der Waals surface area contributed by atoms with Crippen LogP contribution in [0.15, 0.2) is 11.8 Å². The van der Waals surface area contributed by atoms with Gasteiger partial charge in [0, 0.05) is 30.7 Å². The Bertz CT molecular complexity index is 445. The third-order valence-corrected chi connectivity index (χ3v) is 3.26. The van der Waals surface area contributed by atoms with E-state index >= 15 is 0 Å². The summed E-state index contributed by atoms with van der Waals surface area (Å²) < 4.78 is 3.25. The van der Waals surface area contributed by atoms with Crippen LogP contribution in [0.5, 0.6) is 0 Å². The molecule has 0 saturated heterocycles. The molecule has 5 nitrogen and oxygen atoms in total. The number of aldehydes is 1. The van der Waals surface area contributed by atoms with Crippen molar-refractivity contribution >= 4 is 53.0 Å². The van der Waals surface area contributed by atoms with Crippen molar-refractivity contribution in [2.24, 2.45) is 5.92 Å². The Labute approximate surface area is 138 Å². The zero-order valence-electron chi connectivity index (χ0n) is 11.5. The molecule has 1 aliphatic heterocycles. The third kappa shape index (κ3) is 6.24. The molecule has 0 aliphatic carbocycles. The molecule has 0 radical (unpaired) electrons. The molecule has 0 fully saturated rings. The number of hydrogen-bond donors (Lipinski definition) is 0. The van der Waals surface area contributed by atoms with Gasteiger partial charge >= 0.3 is 6.09 Å². The molecule has 1 amide bonds. The van der Waals surface area contributed by atoms with Crippen LogP contribution < -0.4 is 0 Å². The molecular weight excluding hydrogens is 341 g/mol. The van der Waals surface area contributed by atoms with Gasteiger partial charge < -0.3 is 9.53 Å². The minimum absolute atomic E-state index is 0.0541. The van der Waals surface area contributed by atoms with Gasteiger partial charge in [-0.05, 0) is 12.8 Å². The number of hydrogen-bond acceptors (Lipinski definition) is 4. The van der Waals surface area contributed by atoms with Gasteiger partial charge in [0.1, 0.15) is 12.9 Å². The second kappa shape index (κ2) is 8.01. The fraction of sp³-hybridized carbons (Fsp3) is 0.615. The number of nitrogens with zero attached hydrogens (tertiary/aromatic N) is 1. The summed E-state index contributed by atoms with van der Waals surface area (Å²) in [6.45, 7) is 1.55. The maximum Gasteiger partial charge on any atom is 0.414 e. The topological polar surface area (TPSA) is 63.7 Å². The van der Waals surface area contributed by atoms with Crippen LogP contribution in [0, 0.1) is 5.92 Å². The van der Waals surface area contributed by atoms with E-state index < -0.39 is 9.89 Å². The Kier molecular flexibility index (Phi) is 6.97. The second-order valence-corrected chi connectivity index (χ2v) is 7.29. The zero-order valence-corrected chi connectivity index (χ0v) is 13.7. The maximum absolute atomic E-state index is 12.0. The summed E-state index contributed by atoms with van der Waals surface area (Å²) >= 11 is 16.6. The Balaban J connectivity index is 2.75. The van der Waals surface area contributed by atoms with Crippen LogP contribution in [0.3, 0.4) is 0 Å². The van der Waals surface area contributed by atoms with Crippen molar-refractivity contribution in [2.45, 2.75) is 30.0 Å². The van der Waals surface area contributed by atoms with Crippen LogP contribution >= 0.6 is 34.8 Å². The van der Waals surface area contributed by atoms with Gasteiger partial charge in [0.15, 0.2) is 5.78 Å². The van der Waals surface area contributed by atoms with E-state index in [4.69, 9.17) is 39.5 Å². The number of ketones is 1. The van der Waals surface area contributed by atoms with Crippen molar-refractivity contribution in [1.29, 1.82) is 0 Å². The molecule has 1 unspecified atom stereocenters. The van der Waals surface area contributed by atoms with Crippen molar-refractivity contribution in [3.63, 3.8) is 0 Å². The quantitative estimate of drug-likeness (QED) is 0.431. The molecule has 0 saturated carbocycles. The first-order valence-electron chi connectivity index (χ1n) is 6.43. The minimum Gasteiger partial charge on any atom is -0.445 e. The molecule has 1 rings (SSSR count). The number of alkyl halides is 3. The molecule has 8 heteroatoms. The molecule has 1 heterocycles. The fourth-order valence-corrected chi connectivity index (χ4v) is 2.02. The number of allylic oxidation sites excluding steroid dienone is 2. The van der Waals surface area contributed by atoms with Gasteiger partial charge in [-0.15, -0.1) is 0 Å². The maximum atomic E-state index is 12.0. The molecule has 1 aliphatic rings. The molecule has 0 aromatic carbocycles. The Morgan fingerprint density at radius 1 is 1.52 bits per heavy atom. The van der Waals surface area contributed by atoms with Crippen molar-refractivity contribution in [2.75, 3.05) is 13.2 Å². The summed E-state index contributed by atoms with van der Waals surface area (Å²) in [7, 11) is 0. The van der Waals surface area contributed by atoms with Crippen LogP contribution in [-0.2, 0) is 14.3 Å². The normalized spacial score (nSPS) is 19.2. The van der Waals surface area contributed by atoms with Crippen molar-refractivity contribution in [1.82, 2.24) is 4.90 Å². The van der Waals surface area contributed by atoms with E-state index in [-0.39, 0.29) is 24.9 Å².